The summed E-state index contributed by atoms with van der Waals surface area (Å²) in [5.41, 5.74) is 3.71. The van der Waals surface area contributed by atoms with Gasteiger partial charge in [0.05, 0.1) is 0 Å². The molecule has 3 aromatic rings. The van der Waals surface area contributed by atoms with Crippen LogP contribution in [0.1, 0.15) is 11.1 Å². The minimum atomic E-state index is -0.545. The van der Waals surface area contributed by atoms with Crippen molar-refractivity contribution in [3.63, 3.8) is 0 Å². The molecule has 34 heavy (non-hydrogen) atoms. The molecule has 0 aliphatic carbocycles. The van der Waals surface area contributed by atoms with E-state index in [1.165, 1.54) is 11.1 Å². The molecular weight excluding hydrogens is 513 g/mol. The molecule has 0 fully saturated rings. The monoisotopic (exact) mass is 538 g/mol. The van der Waals surface area contributed by atoms with Crippen LogP contribution in [0.4, 0.5) is 11.6 Å². The Morgan fingerprint density at radius 3 is 2.82 bits per heavy atom. The van der Waals surface area contributed by atoms with Crippen molar-refractivity contribution in [2.75, 3.05) is 45.3 Å². The fourth-order valence-corrected chi connectivity index (χ4v) is 6.11. The van der Waals surface area contributed by atoms with Crippen LogP contribution in [0.15, 0.2) is 48.7 Å². The Balaban J connectivity index is 1.48. The van der Waals surface area contributed by atoms with E-state index < -0.39 is 15.8 Å². The van der Waals surface area contributed by atoms with E-state index in [-0.39, 0.29) is 6.61 Å². The standard InChI is InChI=1S/C25H26AsClN5O2/c1-33-15-13-32-11-8-18-6-7-20(16-19(18)9-12-32)30-25-29-17-22(27)24(31-25)26-21-4-2-3-5-23(21)34-14-10-28/h2-7,16-17H,8-9,11-15H2,1H3,(H,29,30,31). The third kappa shape index (κ3) is 6.49. The van der Waals surface area contributed by atoms with Crippen molar-refractivity contribution < 1.29 is 9.47 Å². The second kappa shape index (κ2) is 12.2. The van der Waals surface area contributed by atoms with Gasteiger partial charge in [0.2, 0.25) is 0 Å². The molecule has 1 aromatic heterocycles. The van der Waals surface area contributed by atoms with E-state index in [0.717, 1.165) is 53.6 Å². The number of fused-ring (bicyclic) bond motifs is 1. The Hall–Kier alpha value is -2.62. The van der Waals surface area contributed by atoms with Crippen molar-refractivity contribution in [1.29, 1.82) is 5.26 Å². The summed E-state index contributed by atoms with van der Waals surface area (Å²) in [6, 6.07) is 16.2. The van der Waals surface area contributed by atoms with Gasteiger partial charge < -0.3 is 4.74 Å². The van der Waals surface area contributed by atoms with Crippen LogP contribution in [0.3, 0.4) is 0 Å². The molecule has 0 bridgehead atoms. The molecule has 1 aliphatic rings. The first-order valence-electron chi connectivity index (χ1n) is 11.1. The number of nitriles is 1. The summed E-state index contributed by atoms with van der Waals surface area (Å²) in [6.07, 6.45) is 3.68. The van der Waals surface area contributed by atoms with Crippen LogP contribution in [0, 0.1) is 11.3 Å². The zero-order valence-electron chi connectivity index (χ0n) is 19.0. The van der Waals surface area contributed by atoms with Gasteiger partial charge in [-0.15, -0.1) is 0 Å². The van der Waals surface area contributed by atoms with E-state index in [1.807, 2.05) is 30.3 Å². The zero-order chi connectivity index (χ0) is 23.8. The Morgan fingerprint density at radius 2 is 2.00 bits per heavy atom. The van der Waals surface area contributed by atoms with E-state index >= 15 is 0 Å². The SMILES string of the molecule is COCCN1CCc2ccc(Nc3ncc(Cl)c([As]c4ccccc4OCC#N)n3)cc2CC1. The molecule has 175 valence electrons. The second-order valence-electron chi connectivity index (χ2n) is 7.83. The molecule has 0 atom stereocenters. The van der Waals surface area contributed by atoms with Crippen LogP contribution in [0.5, 0.6) is 5.75 Å². The van der Waals surface area contributed by atoms with Gasteiger partial charge in [-0.05, 0) is 0 Å². The Labute approximate surface area is 211 Å². The molecule has 2 aromatic carbocycles. The summed E-state index contributed by atoms with van der Waals surface area (Å²) in [6.45, 7) is 3.81. The van der Waals surface area contributed by atoms with E-state index in [4.69, 9.17) is 31.3 Å². The first-order chi connectivity index (χ1) is 16.7. The van der Waals surface area contributed by atoms with Crippen molar-refractivity contribution in [2.45, 2.75) is 12.8 Å². The predicted molar refractivity (Wildman–Crippen MR) is 135 cm³/mol. The molecule has 9 heteroatoms. The number of methoxy groups -OCH3 is 1. The van der Waals surface area contributed by atoms with Crippen molar-refractivity contribution >= 4 is 47.8 Å². The number of nitrogens with one attached hydrogen (secondary N) is 1. The van der Waals surface area contributed by atoms with Crippen LogP contribution < -0.4 is 18.9 Å². The summed E-state index contributed by atoms with van der Waals surface area (Å²) >= 11 is 5.89. The molecule has 4 rings (SSSR count). The summed E-state index contributed by atoms with van der Waals surface area (Å²) in [4.78, 5) is 11.5. The zero-order valence-corrected chi connectivity index (χ0v) is 21.6. The number of hydrogen-bond acceptors (Lipinski definition) is 7. The Bertz CT molecular complexity index is 1170. The van der Waals surface area contributed by atoms with Gasteiger partial charge in [0.15, 0.2) is 0 Å². The van der Waals surface area contributed by atoms with E-state index in [0.29, 0.717) is 16.7 Å². The van der Waals surface area contributed by atoms with Gasteiger partial charge in [0.25, 0.3) is 0 Å². The van der Waals surface area contributed by atoms with Crippen molar-refractivity contribution in [3.05, 3.63) is 64.8 Å². The summed E-state index contributed by atoms with van der Waals surface area (Å²) in [5, 5.41) is 12.7. The molecule has 0 saturated carbocycles. The Morgan fingerprint density at radius 1 is 1.18 bits per heavy atom. The number of ether oxygens (including phenoxy) is 2. The molecule has 7 nitrogen and oxygen atoms in total. The minimum absolute atomic E-state index is 0.00488. The average Bonchev–Trinajstić information content (AvgIpc) is 3.06. The Kier molecular flexibility index (Phi) is 8.78. The van der Waals surface area contributed by atoms with Crippen LogP contribution >= 0.6 is 11.6 Å². The van der Waals surface area contributed by atoms with Gasteiger partial charge in [-0.25, -0.2) is 0 Å². The van der Waals surface area contributed by atoms with Gasteiger partial charge in [-0.1, -0.05) is 0 Å². The maximum atomic E-state index is 8.84. The fraction of sp³-hybridized carbons (Fsp3) is 0.320. The molecule has 0 spiro atoms. The van der Waals surface area contributed by atoms with Gasteiger partial charge in [-0.3, -0.25) is 0 Å². The van der Waals surface area contributed by atoms with E-state index in [9.17, 15) is 0 Å². The summed E-state index contributed by atoms with van der Waals surface area (Å²) in [7, 11) is 1.75. The fourth-order valence-electron chi connectivity index (χ4n) is 3.81. The van der Waals surface area contributed by atoms with Crippen LogP contribution in [0.2, 0.25) is 5.02 Å². The number of nitrogens with zero attached hydrogens (tertiary/aromatic N) is 4. The molecule has 2 heterocycles. The molecule has 0 amide bonds. The first-order valence-corrected chi connectivity index (χ1v) is 13.3. The quantitative estimate of drug-likeness (QED) is 0.419. The molecule has 0 unspecified atom stereocenters. The van der Waals surface area contributed by atoms with E-state index in [1.54, 1.807) is 13.3 Å². The second-order valence-corrected chi connectivity index (χ2v) is 10.6. The van der Waals surface area contributed by atoms with Crippen LogP contribution in [0.25, 0.3) is 0 Å². The predicted octanol–water partition coefficient (Wildman–Crippen LogP) is 2.48. The first kappa shape index (κ1) is 24.5. The third-order valence-corrected chi connectivity index (χ3v) is 8.58. The number of benzene rings is 2. The van der Waals surface area contributed by atoms with Crippen molar-refractivity contribution in [3.8, 4) is 11.8 Å². The number of rotatable bonds is 9. The van der Waals surface area contributed by atoms with Crippen LogP contribution in [-0.2, 0) is 17.6 Å². The topological polar surface area (TPSA) is 83.3 Å². The van der Waals surface area contributed by atoms with Gasteiger partial charge in [0.1, 0.15) is 0 Å². The molecule has 0 saturated heterocycles. The van der Waals surface area contributed by atoms with Crippen molar-refractivity contribution in [1.82, 2.24) is 14.9 Å². The maximum absolute atomic E-state index is 8.84. The van der Waals surface area contributed by atoms with Crippen LogP contribution in [-0.4, -0.2) is 70.6 Å². The number of aromatic nitrogens is 2. The number of para-hydroxylation sites is 1. The normalized spacial score (nSPS) is 13.9. The van der Waals surface area contributed by atoms with Gasteiger partial charge >= 0.3 is 200 Å². The van der Waals surface area contributed by atoms with Crippen molar-refractivity contribution in [2.24, 2.45) is 0 Å². The van der Waals surface area contributed by atoms with E-state index in [2.05, 4.69) is 33.4 Å². The molecular formula is C25H26AsClN5O2. The summed E-state index contributed by atoms with van der Waals surface area (Å²) < 4.78 is 12.6. The number of hydrogen-bond donors (Lipinski definition) is 1. The molecule has 1 radical (unpaired) electrons. The summed E-state index contributed by atoms with van der Waals surface area (Å²) in [5.74, 6) is 1.21. The number of anilines is 2. The number of halogens is 1. The molecule has 1 N–H and O–H groups in total. The third-order valence-electron chi connectivity index (χ3n) is 5.58. The molecule has 1 aliphatic heterocycles. The van der Waals surface area contributed by atoms with Gasteiger partial charge in [-0.2, -0.15) is 0 Å². The van der Waals surface area contributed by atoms with Gasteiger partial charge in [0, 0.05) is 7.11 Å². The average molecular weight is 539 g/mol.